The van der Waals surface area contributed by atoms with Gasteiger partial charge in [-0.15, -0.1) is 17.0 Å². The molecule has 0 bridgehead atoms. The lowest BCUT2D eigenvalue weighted by molar-refractivity contribution is 0.0519. The van der Waals surface area contributed by atoms with Gasteiger partial charge >= 0.3 is 5.97 Å². The quantitative estimate of drug-likeness (QED) is 0.648. The van der Waals surface area contributed by atoms with E-state index in [1.165, 1.54) is 5.56 Å². The van der Waals surface area contributed by atoms with E-state index in [9.17, 15) is 4.79 Å². The maximum atomic E-state index is 12.2. The molecular formula is C18H19BrN2O2. The third-order valence-electron chi connectivity index (χ3n) is 3.55. The van der Waals surface area contributed by atoms with Gasteiger partial charge in [0.05, 0.1) is 12.3 Å². The van der Waals surface area contributed by atoms with Crippen molar-refractivity contribution < 1.29 is 9.53 Å². The number of nitrogens with zero attached hydrogens (tertiary/aromatic N) is 2. The van der Waals surface area contributed by atoms with Crippen LogP contribution in [-0.2, 0) is 11.2 Å². The van der Waals surface area contributed by atoms with Crippen LogP contribution in [0.1, 0.15) is 34.2 Å². The van der Waals surface area contributed by atoms with Gasteiger partial charge in [0.2, 0.25) is 0 Å². The Morgan fingerprint density at radius 2 is 2.04 bits per heavy atom. The van der Waals surface area contributed by atoms with Crippen LogP contribution in [0.3, 0.4) is 0 Å². The Labute approximate surface area is 145 Å². The molecule has 3 aromatic rings. The van der Waals surface area contributed by atoms with E-state index in [1.54, 1.807) is 6.92 Å². The summed E-state index contributed by atoms with van der Waals surface area (Å²) in [6.45, 7) is 4.20. The summed E-state index contributed by atoms with van der Waals surface area (Å²) in [5, 5.41) is 0. The number of imidazole rings is 1. The zero-order valence-electron chi connectivity index (χ0n) is 13.2. The van der Waals surface area contributed by atoms with Gasteiger partial charge in [-0.1, -0.05) is 35.9 Å². The molecule has 4 nitrogen and oxygen atoms in total. The Kier molecular flexibility index (Phi) is 5.55. The van der Waals surface area contributed by atoms with Crippen molar-refractivity contribution in [3.05, 3.63) is 71.2 Å². The monoisotopic (exact) mass is 374 g/mol. The second-order valence-corrected chi connectivity index (χ2v) is 5.22. The predicted octanol–water partition coefficient (Wildman–Crippen LogP) is 3.99. The first-order valence-electron chi connectivity index (χ1n) is 7.37. The highest BCUT2D eigenvalue weighted by Crippen LogP contribution is 2.18. The molecule has 0 unspecified atom stereocenters. The van der Waals surface area contributed by atoms with Gasteiger partial charge in [0.25, 0.3) is 0 Å². The molecule has 0 saturated heterocycles. The number of fused-ring (bicyclic) bond motifs is 1. The van der Waals surface area contributed by atoms with Crippen LogP contribution in [0.15, 0.2) is 48.7 Å². The highest BCUT2D eigenvalue weighted by Gasteiger charge is 2.20. The number of aryl methyl sites for hydroxylation is 1. The highest BCUT2D eigenvalue weighted by atomic mass is 79.9. The Hall–Kier alpha value is -2.14. The Morgan fingerprint density at radius 1 is 1.22 bits per heavy atom. The van der Waals surface area contributed by atoms with Gasteiger partial charge in [0.15, 0.2) is 5.69 Å². The van der Waals surface area contributed by atoms with Gasteiger partial charge in [0, 0.05) is 12.6 Å². The highest BCUT2D eigenvalue weighted by molar-refractivity contribution is 8.93. The number of carbonyl (C=O) groups is 1. The summed E-state index contributed by atoms with van der Waals surface area (Å²) in [7, 11) is 0. The van der Waals surface area contributed by atoms with Crippen LogP contribution in [0.5, 0.6) is 0 Å². The number of pyridine rings is 1. The number of hydrogen-bond donors (Lipinski definition) is 0. The molecule has 0 N–H and O–H groups in total. The van der Waals surface area contributed by atoms with Crippen LogP contribution < -0.4 is 0 Å². The molecule has 2 heterocycles. The topological polar surface area (TPSA) is 43.6 Å². The van der Waals surface area contributed by atoms with E-state index < -0.39 is 0 Å². The maximum absolute atomic E-state index is 12.2. The fourth-order valence-electron chi connectivity index (χ4n) is 2.59. The smallest absolute Gasteiger partial charge is 0.358 e. The largest absolute Gasteiger partial charge is 0.461 e. The summed E-state index contributed by atoms with van der Waals surface area (Å²) < 4.78 is 7.10. The minimum atomic E-state index is -0.367. The molecule has 0 atom stereocenters. The molecule has 120 valence electrons. The van der Waals surface area contributed by atoms with Crippen LogP contribution in [0.4, 0.5) is 0 Å². The molecule has 1 aromatic carbocycles. The Bertz CT molecular complexity index is 827. The fraction of sp³-hybridized carbons (Fsp3) is 0.222. The summed E-state index contributed by atoms with van der Waals surface area (Å²) in [4.78, 5) is 16.6. The van der Waals surface area contributed by atoms with Gasteiger partial charge in [0.1, 0.15) is 5.65 Å². The fourth-order valence-corrected chi connectivity index (χ4v) is 2.59. The molecule has 0 aliphatic carbocycles. The minimum Gasteiger partial charge on any atom is -0.461 e. The van der Waals surface area contributed by atoms with Crippen molar-refractivity contribution in [2.75, 3.05) is 6.61 Å². The summed E-state index contributed by atoms with van der Waals surface area (Å²) in [6, 6.07) is 14.0. The molecule has 0 amide bonds. The van der Waals surface area contributed by atoms with Crippen molar-refractivity contribution in [1.82, 2.24) is 9.38 Å². The lowest BCUT2D eigenvalue weighted by atomic mass is 10.1. The summed E-state index contributed by atoms with van der Waals surface area (Å²) in [6.07, 6.45) is 2.57. The maximum Gasteiger partial charge on any atom is 0.358 e. The third kappa shape index (κ3) is 3.62. The number of esters is 1. The zero-order valence-corrected chi connectivity index (χ0v) is 14.9. The van der Waals surface area contributed by atoms with E-state index in [0.29, 0.717) is 18.7 Å². The third-order valence-corrected chi connectivity index (χ3v) is 3.55. The number of rotatable bonds is 4. The zero-order chi connectivity index (χ0) is 15.5. The number of aromatic nitrogens is 2. The SMILES string of the molecule is Br.CCOC(=O)c1nc2ccccn2c1Cc1cccc(C)c1. The first kappa shape index (κ1) is 17.2. The average molecular weight is 375 g/mol. The van der Waals surface area contributed by atoms with E-state index in [0.717, 1.165) is 16.9 Å². The van der Waals surface area contributed by atoms with E-state index in [1.807, 2.05) is 34.9 Å². The normalized spacial score (nSPS) is 10.3. The lowest BCUT2D eigenvalue weighted by Gasteiger charge is -2.06. The first-order valence-corrected chi connectivity index (χ1v) is 7.37. The van der Waals surface area contributed by atoms with Crippen molar-refractivity contribution in [2.24, 2.45) is 0 Å². The molecular weight excluding hydrogens is 356 g/mol. The predicted molar refractivity (Wildman–Crippen MR) is 95.5 cm³/mol. The second kappa shape index (κ2) is 7.42. The average Bonchev–Trinajstić information content (AvgIpc) is 2.87. The van der Waals surface area contributed by atoms with Gasteiger partial charge in [-0.25, -0.2) is 9.78 Å². The van der Waals surface area contributed by atoms with Crippen molar-refractivity contribution in [3.63, 3.8) is 0 Å². The minimum absolute atomic E-state index is 0. The van der Waals surface area contributed by atoms with Crippen molar-refractivity contribution in [3.8, 4) is 0 Å². The number of hydrogen-bond acceptors (Lipinski definition) is 3. The van der Waals surface area contributed by atoms with Gasteiger partial charge in [-0.05, 0) is 31.5 Å². The van der Waals surface area contributed by atoms with Crippen LogP contribution in [0.2, 0.25) is 0 Å². The van der Waals surface area contributed by atoms with Gasteiger partial charge in [-0.2, -0.15) is 0 Å². The number of carbonyl (C=O) groups excluding carboxylic acids is 1. The molecule has 0 aliphatic rings. The Balaban J connectivity index is 0.00000192. The Morgan fingerprint density at radius 3 is 2.78 bits per heavy atom. The van der Waals surface area contributed by atoms with Crippen molar-refractivity contribution in [1.29, 1.82) is 0 Å². The summed E-state index contributed by atoms with van der Waals surface area (Å²) >= 11 is 0. The molecule has 23 heavy (non-hydrogen) atoms. The molecule has 0 aliphatic heterocycles. The molecule has 3 rings (SSSR count). The van der Waals surface area contributed by atoms with Crippen molar-refractivity contribution >= 4 is 28.6 Å². The number of ether oxygens (including phenoxy) is 1. The number of benzene rings is 1. The lowest BCUT2D eigenvalue weighted by Crippen LogP contribution is -2.09. The molecule has 0 spiro atoms. The molecule has 0 fully saturated rings. The van der Waals surface area contributed by atoms with Crippen molar-refractivity contribution in [2.45, 2.75) is 20.3 Å². The number of halogens is 1. The van der Waals surface area contributed by atoms with Crippen LogP contribution in [0.25, 0.3) is 5.65 Å². The van der Waals surface area contributed by atoms with Crippen LogP contribution >= 0.6 is 17.0 Å². The van der Waals surface area contributed by atoms with E-state index in [2.05, 4.69) is 30.1 Å². The molecule has 5 heteroatoms. The summed E-state index contributed by atoms with van der Waals surface area (Å²) in [5.41, 5.74) is 4.36. The summed E-state index contributed by atoms with van der Waals surface area (Å²) in [5.74, 6) is -0.367. The molecule has 2 aromatic heterocycles. The van der Waals surface area contributed by atoms with E-state index in [-0.39, 0.29) is 23.0 Å². The molecule has 0 radical (unpaired) electrons. The van der Waals surface area contributed by atoms with Crippen LogP contribution in [-0.4, -0.2) is 22.0 Å². The van der Waals surface area contributed by atoms with E-state index in [4.69, 9.17) is 4.74 Å². The van der Waals surface area contributed by atoms with Gasteiger partial charge in [-0.3, -0.25) is 0 Å². The standard InChI is InChI=1S/C18H18N2O2.BrH/c1-3-22-18(21)17-15(12-14-8-6-7-13(2)11-14)20-10-5-4-9-16(20)19-17;/h4-11H,3,12H2,1-2H3;1H. The van der Waals surface area contributed by atoms with Gasteiger partial charge < -0.3 is 9.14 Å². The first-order chi connectivity index (χ1) is 10.7. The second-order valence-electron chi connectivity index (χ2n) is 5.22. The van der Waals surface area contributed by atoms with Crippen LogP contribution in [0, 0.1) is 6.92 Å². The molecule has 0 saturated carbocycles. The van der Waals surface area contributed by atoms with E-state index >= 15 is 0 Å².